The molecule has 6 aromatic rings. The summed E-state index contributed by atoms with van der Waals surface area (Å²) in [6.45, 7) is 0. The third kappa shape index (κ3) is 4.37. The molecule has 6 rings (SSSR count). The van der Waals surface area contributed by atoms with E-state index in [0.29, 0.717) is 0 Å². The molecule has 0 aliphatic carbocycles. The van der Waals surface area contributed by atoms with Gasteiger partial charge < -0.3 is 0 Å². The van der Waals surface area contributed by atoms with Gasteiger partial charge in [-0.2, -0.15) is 10.1 Å². The van der Waals surface area contributed by atoms with Crippen LogP contribution >= 0.6 is 32.8 Å². The topological polar surface area (TPSA) is 0 Å². The van der Waals surface area contributed by atoms with Crippen LogP contribution in [0, 0.1) is 0 Å². The monoisotopic (exact) mass is 504 g/mol. The van der Waals surface area contributed by atoms with Gasteiger partial charge in [-0.1, -0.05) is 143 Å². The van der Waals surface area contributed by atoms with Crippen molar-refractivity contribution in [2.45, 2.75) is 0 Å². The van der Waals surface area contributed by atoms with Crippen molar-refractivity contribution in [1.29, 1.82) is 0 Å². The van der Waals surface area contributed by atoms with Crippen molar-refractivity contribution in [2.75, 3.05) is 0 Å². The molecule has 0 unspecified atom stereocenters. The summed E-state index contributed by atoms with van der Waals surface area (Å²) in [7, 11) is 5.35. The van der Waals surface area contributed by atoms with Gasteiger partial charge in [0.05, 0.1) is 0 Å². The zero-order chi connectivity index (χ0) is 22.7. The predicted molar refractivity (Wildman–Crippen MR) is 155 cm³/mol. The van der Waals surface area contributed by atoms with Gasteiger partial charge in [-0.3, -0.25) is 32.8 Å². The van der Waals surface area contributed by atoms with Crippen LogP contribution in [0.2, 0.25) is 0 Å². The van der Waals surface area contributed by atoms with E-state index >= 15 is 0 Å². The fourth-order valence-corrected chi connectivity index (χ4v) is 10.8. The lowest BCUT2D eigenvalue weighted by Gasteiger charge is -2.10. The predicted octanol–water partition coefficient (Wildman–Crippen LogP) is 11.8. The Bertz CT molecular complexity index is 1280. The maximum absolute atomic E-state index is 2.25. The quantitative estimate of drug-likeness (QED) is 0.219. The molecule has 4 aromatic carbocycles. The first-order chi connectivity index (χ1) is 16.9. The van der Waals surface area contributed by atoms with Crippen LogP contribution < -0.4 is 0 Å². The highest BCUT2D eigenvalue weighted by molar-refractivity contribution is 7.66. The van der Waals surface area contributed by atoms with E-state index in [0.717, 1.165) is 0 Å². The second-order valence-electron chi connectivity index (χ2n) is 7.95. The van der Waals surface area contributed by atoms with Gasteiger partial charge in [0.2, 0.25) is 0 Å². The summed E-state index contributed by atoms with van der Waals surface area (Å²) in [5.74, 6) is 0. The van der Waals surface area contributed by atoms with Gasteiger partial charge in [-0.05, 0) is 22.3 Å². The first kappa shape index (κ1) is 21.8. The van der Waals surface area contributed by atoms with Crippen LogP contribution in [0.5, 0.6) is 0 Å². The van der Waals surface area contributed by atoms with E-state index in [9.17, 15) is 0 Å². The van der Waals surface area contributed by atoms with Crippen molar-refractivity contribution in [3.05, 3.63) is 121 Å². The first-order valence-electron chi connectivity index (χ1n) is 11.2. The van der Waals surface area contributed by atoms with Gasteiger partial charge in [0, 0.05) is 0 Å². The Hall–Kier alpha value is -2.70. The Kier molecular flexibility index (Phi) is 6.34. The summed E-state index contributed by atoms with van der Waals surface area (Å²) in [4.78, 5) is 0. The Morgan fingerprint density at radius 1 is 0.353 bits per heavy atom. The molecule has 162 valence electrons. The van der Waals surface area contributed by atoms with E-state index in [2.05, 4.69) is 121 Å². The molecule has 0 aliphatic rings. The number of hydrogen-bond donors (Lipinski definition) is 0. The van der Waals surface area contributed by atoms with E-state index in [1.54, 1.807) is 0 Å². The first-order valence-corrected chi connectivity index (χ1v) is 14.8. The van der Waals surface area contributed by atoms with E-state index in [4.69, 9.17) is 0 Å². The Labute approximate surface area is 207 Å². The molecule has 0 nitrogen and oxygen atoms in total. The SMILES string of the molecule is c1ccc(-c2pc(-c3pc(-c4ccccc4)c(-c4ccccc4)[p-]3)[p-]c2-c2ccccc2)cc1. The molecule has 34 heavy (non-hydrogen) atoms. The molecule has 2 heterocycles. The molecule has 0 N–H and O–H groups in total. The molecule has 0 aliphatic heterocycles. The Balaban J connectivity index is 1.54. The van der Waals surface area contributed by atoms with Gasteiger partial charge in [-0.25, -0.2) is 0 Å². The van der Waals surface area contributed by atoms with Gasteiger partial charge in [0.15, 0.2) is 0 Å². The number of rotatable bonds is 5. The summed E-state index contributed by atoms with van der Waals surface area (Å²) in [5.41, 5.74) is 5.32. The highest BCUT2D eigenvalue weighted by Gasteiger charge is 2.07. The standard InChI is InChI=1S/C30H20P4/c1-5-13-21(14-6-1)25-26(22-15-7-2-8-16-22)32-29(31-25)30-33-27(23-17-9-3-10-18-23)28(34-30)24-19-11-4-12-20-24/h1-20H/q-2. The van der Waals surface area contributed by atoms with Crippen LogP contribution in [0.25, 0.3) is 53.5 Å². The van der Waals surface area contributed by atoms with Crippen molar-refractivity contribution in [2.24, 2.45) is 0 Å². The smallest absolute Gasteiger partial charge is 0.0333 e. The number of benzene rings is 4. The minimum atomic E-state index is 1.33. The molecule has 0 atom stereocenters. The molecule has 0 spiro atoms. The lowest BCUT2D eigenvalue weighted by Crippen LogP contribution is -1.75. The molecule has 2 aromatic heterocycles. The second kappa shape index (κ2) is 9.88. The molecule has 4 heteroatoms. The van der Waals surface area contributed by atoms with Gasteiger partial charge >= 0.3 is 0 Å². The number of hydrogen-bond acceptors (Lipinski definition) is 0. The van der Waals surface area contributed by atoms with E-state index in [1.807, 2.05) is 0 Å². The molecule has 0 bridgehead atoms. The Morgan fingerprint density at radius 2 is 0.647 bits per heavy atom. The second-order valence-corrected chi connectivity index (χ2v) is 13.1. The van der Waals surface area contributed by atoms with Crippen LogP contribution in [-0.4, -0.2) is 0 Å². The molecular formula is C30H20P4-2. The summed E-state index contributed by atoms with van der Waals surface area (Å²) >= 11 is 0. The van der Waals surface area contributed by atoms with Gasteiger partial charge in [0.25, 0.3) is 0 Å². The molecule has 0 amide bonds. The zero-order valence-electron chi connectivity index (χ0n) is 18.3. The van der Waals surface area contributed by atoms with Crippen LogP contribution in [-0.2, 0) is 0 Å². The van der Waals surface area contributed by atoms with Crippen molar-refractivity contribution < 1.29 is 0 Å². The van der Waals surface area contributed by atoms with Crippen molar-refractivity contribution >= 4 is 32.8 Å². The summed E-state index contributed by atoms with van der Waals surface area (Å²) < 4.78 is 0. The fourth-order valence-electron chi connectivity index (χ4n) is 4.07. The minimum absolute atomic E-state index is 1.33. The maximum Gasteiger partial charge on any atom is -0.0333 e. The highest BCUT2D eigenvalue weighted by atomic mass is 31.1. The molecule has 0 saturated carbocycles. The Morgan fingerprint density at radius 3 is 0.971 bits per heavy atom. The maximum atomic E-state index is 2.25. The van der Waals surface area contributed by atoms with Crippen LogP contribution in [0.1, 0.15) is 0 Å². The molecule has 0 radical (unpaired) electrons. The lowest BCUT2D eigenvalue weighted by molar-refractivity contribution is 1.68. The lowest BCUT2D eigenvalue weighted by atomic mass is 10.1. The summed E-state index contributed by atoms with van der Waals surface area (Å²) in [6.07, 6.45) is 0. The average Bonchev–Trinajstić information content (AvgIpc) is 3.56. The van der Waals surface area contributed by atoms with Gasteiger partial charge in [0.1, 0.15) is 0 Å². The minimum Gasteiger partial charge on any atom is -0.300 e. The highest BCUT2D eigenvalue weighted by Crippen LogP contribution is 2.61. The third-order valence-electron chi connectivity index (χ3n) is 5.71. The van der Waals surface area contributed by atoms with Gasteiger partial charge in [-0.15, -0.1) is 0 Å². The normalized spacial score (nSPS) is 11.9. The van der Waals surface area contributed by atoms with Crippen molar-refractivity contribution in [1.82, 2.24) is 0 Å². The average molecular weight is 504 g/mol. The van der Waals surface area contributed by atoms with Crippen LogP contribution in [0.15, 0.2) is 121 Å². The van der Waals surface area contributed by atoms with Crippen molar-refractivity contribution in [3.63, 3.8) is 0 Å². The van der Waals surface area contributed by atoms with E-state index < -0.39 is 0 Å². The third-order valence-corrected chi connectivity index (χ3v) is 12.5. The van der Waals surface area contributed by atoms with Crippen LogP contribution in [0.3, 0.4) is 0 Å². The van der Waals surface area contributed by atoms with Crippen molar-refractivity contribution in [3.8, 4) is 53.5 Å². The summed E-state index contributed by atoms with van der Waals surface area (Å²) in [6, 6.07) is 43.6. The van der Waals surface area contributed by atoms with E-state index in [-0.39, 0.29) is 0 Å². The fraction of sp³-hybridized carbons (Fsp3) is 0. The molecule has 0 saturated heterocycles. The molecule has 0 fully saturated rings. The molecular weight excluding hydrogens is 484 g/mol. The summed E-state index contributed by atoms with van der Waals surface area (Å²) in [5, 5.41) is 8.82. The van der Waals surface area contributed by atoms with Crippen LogP contribution in [0.4, 0.5) is 0 Å². The largest absolute Gasteiger partial charge is 0.300 e. The van der Waals surface area contributed by atoms with E-state index in [1.165, 1.54) is 86.3 Å². The zero-order valence-corrected chi connectivity index (χ0v) is 21.9.